The normalized spacial score (nSPS) is 17.1. The number of benzene rings is 1. The molecule has 1 saturated carbocycles. The second-order valence-corrected chi connectivity index (χ2v) is 6.46. The van der Waals surface area contributed by atoms with Gasteiger partial charge >= 0.3 is 0 Å². The number of nitrogens with zero attached hydrogens (tertiary/aromatic N) is 2. The highest BCUT2D eigenvalue weighted by Crippen LogP contribution is 2.28. The van der Waals surface area contributed by atoms with Crippen molar-refractivity contribution in [3.8, 4) is 0 Å². The van der Waals surface area contributed by atoms with E-state index < -0.39 is 0 Å². The number of imidazole rings is 1. The first kappa shape index (κ1) is 13.0. The van der Waals surface area contributed by atoms with Crippen LogP contribution in [0.5, 0.6) is 0 Å². The standard InChI is InChI=1S/C15H20BrN3/c16-12-6-7-13-14(10-12)19(15(17)18-13)9-8-11-4-2-1-3-5-11/h6-7,10-11H,1-5,8-9H2,(H2,17,18). The fraction of sp³-hybridized carbons (Fsp3) is 0.533. The lowest BCUT2D eigenvalue weighted by Crippen LogP contribution is -2.11. The number of nitrogen functional groups attached to an aromatic ring is 1. The van der Waals surface area contributed by atoms with Crippen LogP contribution in [-0.2, 0) is 6.54 Å². The molecule has 0 atom stereocenters. The first-order valence-electron chi connectivity index (χ1n) is 7.15. The molecule has 0 unspecified atom stereocenters. The average Bonchev–Trinajstić information content (AvgIpc) is 2.73. The topological polar surface area (TPSA) is 43.8 Å². The van der Waals surface area contributed by atoms with Crippen molar-refractivity contribution in [1.29, 1.82) is 0 Å². The van der Waals surface area contributed by atoms with Crippen molar-refractivity contribution in [2.24, 2.45) is 5.92 Å². The zero-order chi connectivity index (χ0) is 13.2. The summed E-state index contributed by atoms with van der Waals surface area (Å²) in [6.07, 6.45) is 8.21. The molecule has 0 radical (unpaired) electrons. The number of fused-ring (bicyclic) bond motifs is 1. The summed E-state index contributed by atoms with van der Waals surface area (Å²) >= 11 is 3.52. The second kappa shape index (κ2) is 5.53. The maximum atomic E-state index is 6.06. The molecule has 0 aliphatic heterocycles. The zero-order valence-corrected chi connectivity index (χ0v) is 12.7. The number of anilines is 1. The van der Waals surface area contributed by atoms with E-state index in [0.717, 1.165) is 28.0 Å². The van der Waals surface area contributed by atoms with Crippen molar-refractivity contribution in [1.82, 2.24) is 9.55 Å². The number of halogens is 1. The molecule has 1 heterocycles. The van der Waals surface area contributed by atoms with Gasteiger partial charge in [-0.1, -0.05) is 48.0 Å². The third kappa shape index (κ3) is 2.78. The van der Waals surface area contributed by atoms with E-state index in [9.17, 15) is 0 Å². The minimum absolute atomic E-state index is 0.643. The smallest absolute Gasteiger partial charge is 0.201 e. The highest BCUT2D eigenvalue weighted by Gasteiger charge is 2.15. The molecule has 0 bridgehead atoms. The van der Waals surface area contributed by atoms with Gasteiger partial charge in [-0.15, -0.1) is 0 Å². The van der Waals surface area contributed by atoms with Crippen molar-refractivity contribution in [2.75, 3.05) is 5.73 Å². The maximum Gasteiger partial charge on any atom is 0.201 e. The Bertz CT molecular complexity index is 570. The second-order valence-electron chi connectivity index (χ2n) is 5.55. The Kier molecular flexibility index (Phi) is 3.78. The first-order chi connectivity index (χ1) is 9.24. The van der Waals surface area contributed by atoms with Crippen LogP contribution in [0.3, 0.4) is 0 Å². The van der Waals surface area contributed by atoms with E-state index in [-0.39, 0.29) is 0 Å². The Morgan fingerprint density at radius 2 is 2.05 bits per heavy atom. The summed E-state index contributed by atoms with van der Waals surface area (Å²) in [4.78, 5) is 4.44. The predicted molar refractivity (Wildman–Crippen MR) is 83.0 cm³/mol. The molecule has 1 aliphatic carbocycles. The summed E-state index contributed by atoms with van der Waals surface area (Å²) < 4.78 is 3.24. The van der Waals surface area contributed by atoms with Crippen molar-refractivity contribution in [3.63, 3.8) is 0 Å². The molecular formula is C15H20BrN3. The third-order valence-corrected chi connectivity index (χ3v) is 4.72. The minimum Gasteiger partial charge on any atom is -0.369 e. The molecule has 1 aliphatic rings. The monoisotopic (exact) mass is 321 g/mol. The summed E-state index contributed by atoms with van der Waals surface area (Å²) in [6.45, 7) is 0.990. The molecule has 3 nitrogen and oxygen atoms in total. The third-order valence-electron chi connectivity index (χ3n) is 4.23. The number of hydrogen-bond acceptors (Lipinski definition) is 2. The molecule has 3 rings (SSSR count). The van der Waals surface area contributed by atoms with Crippen molar-refractivity contribution >= 4 is 32.9 Å². The van der Waals surface area contributed by atoms with E-state index in [1.807, 2.05) is 12.1 Å². The van der Waals surface area contributed by atoms with Gasteiger partial charge in [0.25, 0.3) is 0 Å². The van der Waals surface area contributed by atoms with Crippen molar-refractivity contribution in [2.45, 2.75) is 45.1 Å². The van der Waals surface area contributed by atoms with Gasteiger partial charge in [0.1, 0.15) is 0 Å². The Morgan fingerprint density at radius 1 is 1.26 bits per heavy atom. The molecule has 2 aromatic rings. The van der Waals surface area contributed by atoms with Crippen LogP contribution in [0.15, 0.2) is 22.7 Å². The van der Waals surface area contributed by atoms with Gasteiger partial charge in [-0.25, -0.2) is 4.98 Å². The molecule has 1 aromatic carbocycles. The predicted octanol–water partition coefficient (Wildman–Crippen LogP) is 4.35. The van der Waals surface area contributed by atoms with Crippen molar-refractivity contribution < 1.29 is 0 Å². The molecule has 4 heteroatoms. The SMILES string of the molecule is Nc1nc2ccc(Br)cc2n1CCC1CCCCC1. The first-order valence-corrected chi connectivity index (χ1v) is 7.94. The Hall–Kier alpha value is -1.03. The number of rotatable bonds is 3. The van der Waals surface area contributed by atoms with Crippen LogP contribution in [0.2, 0.25) is 0 Å². The van der Waals surface area contributed by atoms with E-state index >= 15 is 0 Å². The number of aromatic nitrogens is 2. The number of nitrogens with two attached hydrogens (primary N) is 1. The van der Waals surface area contributed by atoms with Crippen LogP contribution in [0, 0.1) is 5.92 Å². The van der Waals surface area contributed by atoms with E-state index in [0.29, 0.717) is 5.95 Å². The average molecular weight is 322 g/mol. The fourth-order valence-corrected chi connectivity index (χ4v) is 3.49. The van der Waals surface area contributed by atoms with Gasteiger partial charge in [0.15, 0.2) is 0 Å². The molecule has 1 fully saturated rings. The number of hydrogen-bond donors (Lipinski definition) is 1. The summed E-state index contributed by atoms with van der Waals surface area (Å²) in [7, 11) is 0. The van der Waals surface area contributed by atoms with Crippen LogP contribution in [0.25, 0.3) is 11.0 Å². The van der Waals surface area contributed by atoms with Gasteiger partial charge in [0.2, 0.25) is 5.95 Å². The summed E-state index contributed by atoms with van der Waals surface area (Å²) in [5, 5.41) is 0. The van der Waals surface area contributed by atoms with Gasteiger partial charge in [-0.2, -0.15) is 0 Å². The van der Waals surface area contributed by atoms with E-state index in [1.165, 1.54) is 38.5 Å². The molecule has 102 valence electrons. The van der Waals surface area contributed by atoms with Gasteiger partial charge in [0, 0.05) is 11.0 Å². The Balaban J connectivity index is 1.79. The minimum atomic E-state index is 0.643. The molecule has 0 saturated heterocycles. The Morgan fingerprint density at radius 3 is 2.84 bits per heavy atom. The van der Waals surface area contributed by atoms with Gasteiger partial charge in [-0.3, -0.25) is 0 Å². The molecule has 0 spiro atoms. The van der Waals surface area contributed by atoms with Gasteiger partial charge < -0.3 is 10.3 Å². The largest absolute Gasteiger partial charge is 0.369 e. The number of aryl methyl sites for hydroxylation is 1. The molecule has 2 N–H and O–H groups in total. The summed E-state index contributed by atoms with van der Waals surface area (Å²) in [5.74, 6) is 1.52. The van der Waals surface area contributed by atoms with Crippen LogP contribution < -0.4 is 5.73 Å². The Labute approximate surface area is 122 Å². The highest BCUT2D eigenvalue weighted by molar-refractivity contribution is 9.10. The highest BCUT2D eigenvalue weighted by atomic mass is 79.9. The maximum absolute atomic E-state index is 6.06. The molecule has 0 amide bonds. The lowest BCUT2D eigenvalue weighted by atomic mass is 9.87. The van der Waals surface area contributed by atoms with Crippen LogP contribution >= 0.6 is 15.9 Å². The van der Waals surface area contributed by atoms with Gasteiger partial charge in [-0.05, 0) is 30.5 Å². The molecule has 1 aromatic heterocycles. The molecule has 19 heavy (non-hydrogen) atoms. The van der Waals surface area contributed by atoms with Crippen LogP contribution in [-0.4, -0.2) is 9.55 Å². The lowest BCUT2D eigenvalue weighted by molar-refractivity contribution is 0.326. The quantitative estimate of drug-likeness (QED) is 0.913. The molecular weight excluding hydrogens is 302 g/mol. The summed E-state index contributed by atoms with van der Waals surface area (Å²) in [5.41, 5.74) is 8.19. The zero-order valence-electron chi connectivity index (χ0n) is 11.1. The fourth-order valence-electron chi connectivity index (χ4n) is 3.14. The van der Waals surface area contributed by atoms with E-state index in [4.69, 9.17) is 5.73 Å². The summed E-state index contributed by atoms with van der Waals surface area (Å²) in [6, 6.07) is 6.15. The van der Waals surface area contributed by atoms with Crippen molar-refractivity contribution in [3.05, 3.63) is 22.7 Å². The van der Waals surface area contributed by atoms with E-state index in [1.54, 1.807) is 0 Å². The van der Waals surface area contributed by atoms with Crippen LogP contribution in [0.4, 0.5) is 5.95 Å². The van der Waals surface area contributed by atoms with Crippen LogP contribution in [0.1, 0.15) is 38.5 Å². The van der Waals surface area contributed by atoms with Gasteiger partial charge in [0.05, 0.1) is 11.0 Å². The van der Waals surface area contributed by atoms with E-state index in [2.05, 4.69) is 31.5 Å². The lowest BCUT2D eigenvalue weighted by Gasteiger charge is -2.21.